The molecule has 0 N–H and O–H groups in total. The predicted octanol–water partition coefficient (Wildman–Crippen LogP) is 1.57. The van der Waals surface area contributed by atoms with Crippen molar-refractivity contribution in [2.75, 3.05) is 18.0 Å². The molecule has 1 aliphatic rings. The third-order valence-corrected chi connectivity index (χ3v) is 4.11. The van der Waals surface area contributed by atoms with E-state index in [0.717, 1.165) is 43.3 Å². The van der Waals surface area contributed by atoms with Crippen molar-refractivity contribution in [3.8, 4) is 0 Å². The van der Waals surface area contributed by atoms with Crippen LogP contribution in [0, 0.1) is 19.8 Å². The largest absolute Gasteiger partial charge is 0.341 e. The molecule has 6 nitrogen and oxygen atoms in total. The van der Waals surface area contributed by atoms with Crippen molar-refractivity contribution in [1.82, 2.24) is 19.7 Å². The number of piperidine rings is 1. The van der Waals surface area contributed by atoms with Crippen molar-refractivity contribution in [2.45, 2.75) is 33.2 Å². The van der Waals surface area contributed by atoms with Crippen molar-refractivity contribution in [3.05, 3.63) is 46.1 Å². The summed E-state index contributed by atoms with van der Waals surface area (Å²) < 4.78 is 1.60. The minimum atomic E-state index is -0.0185. The third-order valence-electron chi connectivity index (χ3n) is 4.11. The van der Waals surface area contributed by atoms with Crippen molar-refractivity contribution in [2.24, 2.45) is 5.92 Å². The highest BCUT2D eigenvalue weighted by atomic mass is 16.1. The maximum absolute atomic E-state index is 11.8. The maximum Gasteiger partial charge on any atom is 0.266 e. The van der Waals surface area contributed by atoms with Crippen LogP contribution in [0.15, 0.2) is 29.2 Å². The molecule has 1 aliphatic heterocycles. The Hall–Kier alpha value is -2.24. The van der Waals surface area contributed by atoms with Gasteiger partial charge < -0.3 is 4.90 Å². The van der Waals surface area contributed by atoms with Crippen LogP contribution in [0.25, 0.3) is 0 Å². The van der Waals surface area contributed by atoms with Gasteiger partial charge in [-0.15, -0.1) is 0 Å². The Labute approximate surface area is 129 Å². The Morgan fingerprint density at radius 2 is 1.91 bits per heavy atom. The van der Waals surface area contributed by atoms with Gasteiger partial charge in [-0.3, -0.25) is 4.79 Å². The van der Waals surface area contributed by atoms with Gasteiger partial charge in [0.15, 0.2) is 0 Å². The molecule has 6 heteroatoms. The fourth-order valence-electron chi connectivity index (χ4n) is 2.83. The number of hydrogen-bond acceptors (Lipinski definition) is 5. The Morgan fingerprint density at radius 1 is 1.14 bits per heavy atom. The van der Waals surface area contributed by atoms with E-state index < -0.39 is 0 Å². The van der Waals surface area contributed by atoms with E-state index in [4.69, 9.17) is 0 Å². The molecular formula is C16H21N5O. The van der Waals surface area contributed by atoms with Crippen molar-refractivity contribution < 1.29 is 0 Å². The highest BCUT2D eigenvalue weighted by molar-refractivity contribution is 5.30. The summed E-state index contributed by atoms with van der Waals surface area (Å²) in [6.45, 7) is 6.44. The third kappa shape index (κ3) is 3.32. The average Bonchev–Trinajstić information content (AvgIpc) is 2.52. The van der Waals surface area contributed by atoms with Gasteiger partial charge >= 0.3 is 0 Å². The van der Waals surface area contributed by atoms with E-state index in [-0.39, 0.29) is 5.56 Å². The van der Waals surface area contributed by atoms with E-state index >= 15 is 0 Å². The van der Waals surface area contributed by atoms with Gasteiger partial charge in [0.2, 0.25) is 5.95 Å². The lowest BCUT2D eigenvalue weighted by atomic mass is 9.97. The van der Waals surface area contributed by atoms with E-state index in [2.05, 4.69) is 20.0 Å². The molecule has 1 saturated heterocycles. The molecule has 0 bridgehead atoms. The van der Waals surface area contributed by atoms with Crippen molar-refractivity contribution in [1.29, 1.82) is 0 Å². The van der Waals surface area contributed by atoms with Gasteiger partial charge in [-0.1, -0.05) is 0 Å². The number of anilines is 1. The number of aryl methyl sites for hydroxylation is 2. The predicted molar refractivity (Wildman–Crippen MR) is 84.9 cm³/mol. The van der Waals surface area contributed by atoms with Gasteiger partial charge in [-0.25, -0.2) is 14.6 Å². The zero-order chi connectivity index (χ0) is 15.5. The van der Waals surface area contributed by atoms with E-state index in [1.54, 1.807) is 23.0 Å². The normalized spacial score (nSPS) is 16.0. The molecule has 0 saturated carbocycles. The highest BCUT2D eigenvalue weighted by Crippen LogP contribution is 2.21. The van der Waals surface area contributed by atoms with Gasteiger partial charge in [-0.2, -0.15) is 5.10 Å². The van der Waals surface area contributed by atoms with Gasteiger partial charge in [0.1, 0.15) is 0 Å². The van der Waals surface area contributed by atoms with E-state index in [9.17, 15) is 4.79 Å². The number of aromatic nitrogens is 4. The molecule has 22 heavy (non-hydrogen) atoms. The lowest BCUT2D eigenvalue weighted by Gasteiger charge is -2.32. The molecule has 3 heterocycles. The zero-order valence-corrected chi connectivity index (χ0v) is 13.1. The second-order valence-corrected chi connectivity index (χ2v) is 5.92. The molecule has 2 aromatic heterocycles. The Kier molecular flexibility index (Phi) is 4.18. The smallest absolute Gasteiger partial charge is 0.266 e. The Balaban J connectivity index is 1.62. The lowest BCUT2D eigenvalue weighted by Crippen LogP contribution is -2.37. The quantitative estimate of drug-likeness (QED) is 0.860. The second kappa shape index (κ2) is 6.25. The monoisotopic (exact) mass is 299 g/mol. The van der Waals surface area contributed by atoms with Gasteiger partial charge in [0.05, 0.1) is 5.69 Å². The summed E-state index contributed by atoms with van der Waals surface area (Å²) in [5.74, 6) is 1.29. The molecule has 1 fully saturated rings. The first-order valence-corrected chi connectivity index (χ1v) is 7.71. The molecule has 2 aromatic rings. The fourth-order valence-corrected chi connectivity index (χ4v) is 2.83. The molecule has 0 amide bonds. The maximum atomic E-state index is 11.8. The van der Waals surface area contributed by atoms with E-state index in [0.29, 0.717) is 12.5 Å². The Morgan fingerprint density at radius 3 is 2.64 bits per heavy atom. The highest BCUT2D eigenvalue weighted by Gasteiger charge is 2.21. The van der Waals surface area contributed by atoms with E-state index in [1.165, 1.54) is 0 Å². The number of rotatable bonds is 3. The standard InChI is InChI=1S/C16H21N5O/c1-12-5-8-17-16(18-12)20-9-6-14(7-10-20)11-21-15(22)4-3-13(2)19-21/h3-5,8,14H,6-7,9-11H2,1-2H3. The fraction of sp³-hybridized carbons (Fsp3) is 0.500. The van der Waals surface area contributed by atoms with Gasteiger partial charge in [0.25, 0.3) is 5.56 Å². The van der Waals surface area contributed by atoms with Crippen LogP contribution in [-0.2, 0) is 6.54 Å². The average molecular weight is 299 g/mol. The molecular weight excluding hydrogens is 278 g/mol. The number of hydrogen-bond donors (Lipinski definition) is 0. The second-order valence-electron chi connectivity index (χ2n) is 5.92. The van der Waals surface area contributed by atoms with Crippen LogP contribution in [0.1, 0.15) is 24.2 Å². The summed E-state index contributed by atoms with van der Waals surface area (Å²) in [5.41, 5.74) is 1.85. The molecule has 0 aliphatic carbocycles. The van der Waals surface area contributed by atoms with E-state index in [1.807, 2.05) is 19.9 Å². The summed E-state index contributed by atoms with van der Waals surface area (Å²) in [4.78, 5) is 22.9. The molecule has 0 aromatic carbocycles. The van der Waals surface area contributed by atoms with Crippen LogP contribution in [0.4, 0.5) is 5.95 Å². The summed E-state index contributed by atoms with van der Waals surface area (Å²) in [6.07, 6.45) is 3.86. The molecule has 0 spiro atoms. The summed E-state index contributed by atoms with van der Waals surface area (Å²) in [7, 11) is 0. The van der Waals surface area contributed by atoms with Crippen LogP contribution in [-0.4, -0.2) is 32.8 Å². The molecule has 0 atom stereocenters. The molecule has 0 radical (unpaired) electrons. The minimum absolute atomic E-state index is 0.0185. The first-order valence-electron chi connectivity index (χ1n) is 7.71. The first-order chi connectivity index (χ1) is 10.6. The summed E-state index contributed by atoms with van der Waals surface area (Å²) >= 11 is 0. The van der Waals surface area contributed by atoms with Gasteiger partial charge in [0, 0.05) is 37.6 Å². The van der Waals surface area contributed by atoms with Crippen LogP contribution < -0.4 is 10.5 Å². The SMILES string of the molecule is Cc1ccnc(N2CCC(Cn3nc(C)ccc3=O)CC2)n1. The van der Waals surface area contributed by atoms with Crippen LogP contribution in [0.2, 0.25) is 0 Å². The van der Waals surface area contributed by atoms with Crippen LogP contribution in [0.3, 0.4) is 0 Å². The van der Waals surface area contributed by atoms with Gasteiger partial charge in [-0.05, 0) is 44.7 Å². The van der Waals surface area contributed by atoms with Crippen LogP contribution in [0.5, 0.6) is 0 Å². The summed E-state index contributed by atoms with van der Waals surface area (Å²) in [5, 5.41) is 4.32. The van der Waals surface area contributed by atoms with Crippen LogP contribution >= 0.6 is 0 Å². The molecule has 0 unspecified atom stereocenters. The number of nitrogens with zero attached hydrogens (tertiary/aromatic N) is 5. The minimum Gasteiger partial charge on any atom is -0.341 e. The zero-order valence-electron chi connectivity index (χ0n) is 13.1. The Bertz CT molecular complexity index is 704. The molecule has 116 valence electrons. The van der Waals surface area contributed by atoms with Crippen molar-refractivity contribution >= 4 is 5.95 Å². The first kappa shape index (κ1) is 14.7. The molecule has 3 rings (SSSR count). The van der Waals surface area contributed by atoms with Crippen molar-refractivity contribution in [3.63, 3.8) is 0 Å². The summed E-state index contributed by atoms with van der Waals surface area (Å²) in [6, 6.07) is 5.26. The lowest BCUT2D eigenvalue weighted by molar-refractivity contribution is 0.332. The topological polar surface area (TPSA) is 63.9 Å².